The summed E-state index contributed by atoms with van der Waals surface area (Å²) in [7, 11) is 0. The van der Waals surface area contributed by atoms with Crippen molar-refractivity contribution in [3.8, 4) is 73.6 Å². The Labute approximate surface area is 305 Å². The average molecular weight is 678 g/mol. The molecule has 0 atom stereocenters. The van der Waals surface area contributed by atoms with E-state index in [1.807, 2.05) is 140 Å². The summed E-state index contributed by atoms with van der Waals surface area (Å²) in [6.07, 6.45) is 0. The first kappa shape index (κ1) is 31.3. The van der Waals surface area contributed by atoms with Crippen molar-refractivity contribution in [3.63, 3.8) is 0 Å². The van der Waals surface area contributed by atoms with Crippen molar-refractivity contribution >= 4 is 27.6 Å². The summed E-state index contributed by atoms with van der Waals surface area (Å²) in [5, 5.41) is 11.9. The molecule has 53 heavy (non-hydrogen) atoms. The van der Waals surface area contributed by atoms with Gasteiger partial charge >= 0.3 is 0 Å². The van der Waals surface area contributed by atoms with Crippen LogP contribution in [0.4, 0.5) is 5.69 Å². The van der Waals surface area contributed by atoms with Crippen LogP contribution in [-0.4, -0.2) is 15.0 Å². The molecular weight excluding hydrogens is 651 g/mol. The van der Waals surface area contributed by atoms with Gasteiger partial charge in [0.1, 0.15) is 11.2 Å². The third kappa shape index (κ3) is 5.67. The van der Waals surface area contributed by atoms with Crippen LogP contribution in [0.15, 0.2) is 168 Å². The molecule has 9 aromatic rings. The van der Waals surface area contributed by atoms with Crippen molar-refractivity contribution in [2.75, 3.05) is 0 Å². The zero-order valence-corrected chi connectivity index (χ0v) is 28.2. The predicted molar refractivity (Wildman–Crippen MR) is 211 cm³/mol. The number of para-hydroxylation sites is 1. The molecule has 0 spiro atoms. The molecule has 0 N–H and O–H groups in total. The lowest BCUT2D eigenvalue weighted by Crippen LogP contribution is -2.00. The molecule has 0 aliphatic rings. The van der Waals surface area contributed by atoms with Crippen molar-refractivity contribution in [2.45, 2.75) is 0 Å². The van der Waals surface area contributed by atoms with Gasteiger partial charge in [0.15, 0.2) is 23.2 Å². The second-order valence-corrected chi connectivity index (χ2v) is 12.6. The number of hydrogen-bond acceptors (Lipinski definition) is 5. The minimum atomic E-state index is 0.528. The van der Waals surface area contributed by atoms with E-state index in [9.17, 15) is 5.26 Å². The molecule has 2 heterocycles. The number of rotatable bonds is 6. The number of hydrogen-bond donors (Lipinski definition) is 0. The van der Waals surface area contributed by atoms with Crippen molar-refractivity contribution in [2.24, 2.45) is 0 Å². The van der Waals surface area contributed by atoms with E-state index in [4.69, 9.17) is 25.9 Å². The Morgan fingerprint density at radius 2 is 1.04 bits per heavy atom. The summed E-state index contributed by atoms with van der Waals surface area (Å²) in [6, 6.07) is 55.8. The first-order valence-corrected chi connectivity index (χ1v) is 17.1. The van der Waals surface area contributed by atoms with Gasteiger partial charge in [-0.05, 0) is 52.1 Å². The monoisotopic (exact) mass is 677 g/mol. The summed E-state index contributed by atoms with van der Waals surface area (Å²) < 4.78 is 6.66. The topological polar surface area (TPSA) is 80.0 Å². The molecule has 7 aromatic carbocycles. The number of benzene rings is 7. The molecule has 0 saturated heterocycles. The van der Waals surface area contributed by atoms with E-state index in [0.717, 1.165) is 66.4 Å². The number of nitriles is 1. The van der Waals surface area contributed by atoms with Crippen LogP contribution in [0.2, 0.25) is 0 Å². The maximum atomic E-state index is 10.0. The Morgan fingerprint density at radius 3 is 1.68 bits per heavy atom. The highest BCUT2D eigenvalue weighted by molar-refractivity contribution is 6.17. The fourth-order valence-corrected chi connectivity index (χ4v) is 6.89. The van der Waals surface area contributed by atoms with Crippen LogP contribution in [0, 0.1) is 17.9 Å². The normalized spacial score (nSPS) is 11.0. The van der Waals surface area contributed by atoms with Crippen LogP contribution in [-0.2, 0) is 0 Å². The molecule has 0 amide bonds. The SMILES string of the molecule is [C-]#[N+]c1ccccc1-c1cc(-c2ccccc2C#N)cc2c1oc1cccc(-c3ccc(-c4nc(-c5ccccc5)nc(-c5ccccc5)n4)cc3)c12. The van der Waals surface area contributed by atoms with E-state index in [2.05, 4.69) is 35.2 Å². The van der Waals surface area contributed by atoms with Gasteiger partial charge in [0.05, 0.1) is 18.2 Å². The lowest BCUT2D eigenvalue weighted by atomic mass is 9.91. The molecule has 0 radical (unpaired) electrons. The summed E-state index contributed by atoms with van der Waals surface area (Å²) in [6.45, 7) is 7.91. The first-order valence-electron chi connectivity index (χ1n) is 17.1. The maximum Gasteiger partial charge on any atom is 0.195 e. The molecule has 6 heteroatoms. The largest absolute Gasteiger partial charge is 0.455 e. The smallest absolute Gasteiger partial charge is 0.195 e. The second-order valence-electron chi connectivity index (χ2n) is 12.6. The molecule has 0 saturated carbocycles. The summed E-state index contributed by atoms with van der Waals surface area (Å²) >= 11 is 0. The van der Waals surface area contributed by atoms with Gasteiger partial charge in [-0.15, -0.1) is 0 Å². The number of aromatic nitrogens is 3. The summed E-state index contributed by atoms with van der Waals surface area (Å²) in [5.41, 5.74) is 10.5. The summed E-state index contributed by atoms with van der Waals surface area (Å²) in [5.74, 6) is 1.80. The Kier molecular flexibility index (Phi) is 7.82. The van der Waals surface area contributed by atoms with Crippen LogP contribution in [0.1, 0.15) is 5.56 Å². The van der Waals surface area contributed by atoms with Gasteiger partial charge in [0, 0.05) is 33.0 Å². The second kappa shape index (κ2) is 13.2. The van der Waals surface area contributed by atoms with Crippen molar-refractivity contribution in [1.82, 2.24) is 15.0 Å². The lowest BCUT2D eigenvalue weighted by molar-refractivity contribution is 0.670. The highest BCUT2D eigenvalue weighted by Crippen LogP contribution is 2.45. The minimum Gasteiger partial charge on any atom is -0.455 e. The van der Waals surface area contributed by atoms with E-state index >= 15 is 0 Å². The van der Waals surface area contributed by atoms with Gasteiger partial charge in [-0.1, -0.05) is 140 Å². The minimum absolute atomic E-state index is 0.528. The third-order valence-electron chi connectivity index (χ3n) is 9.42. The van der Waals surface area contributed by atoms with E-state index in [1.54, 1.807) is 0 Å². The highest BCUT2D eigenvalue weighted by Gasteiger charge is 2.20. The van der Waals surface area contributed by atoms with Gasteiger partial charge in [-0.2, -0.15) is 5.26 Å². The van der Waals surface area contributed by atoms with E-state index in [-0.39, 0.29) is 0 Å². The zero-order chi connectivity index (χ0) is 35.7. The molecule has 0 aliphatic carbocycles. The van der Waals surface area contributed by atoms with Gasteiger partial charge in [-0.3, -0.25) is 0 Å². The molecule has 9 rings (SSSR count). The van der Waals surface area contributed by atoms with Gasteiger partial charge < -0.3 is 4.42 Å². The van der Waals surface area contributed by atoms with Gasteiger partial charge in [0.25, 0.3) is 0 Å². The number of fused-ring (bicyclic) bond motifs is 3. The highest BCUT2D eigenvalue weighted by atomic mass is 16.3. The van der Waals surface area contributed by atoms with Gasteiger partial charge in [0.2, 0.25) is 0 Å². The predicted octanol–water partition coefficient (Wildman–Crippen LogP) is 12.2. The van der Waals surface area contributed by atoms with Crippen LogP contribution in [0.3, 0.4) is 0 Å². The van der Waals surface area contributed by atoms with Crippen LogP contribution in [0.5, 0.6) is 0 Å². The Hall–Kier alpha value is -7.67. The molecule has 6 nitrogen and oxygen atoms in total. The molecule has 0 fully saturated rings. The van der Waals surface area contributed by atoms with E-state index < -0.39 is 0 Å². The van der Waals surface area contributed by atoms with E-state index in [0.29, 0.717) is 34.3 Å². The molecule has 2 aromatic heterocycles. The molecular formula is C47H27N5O. The molecule has 0 unspecified atom stereocenters. The van der Waals surface area contributed by atoms with Crippen molar-refractivity contribution < 1.29 is 4.42 Å². The average Bonchev–Trinajstić information content (AvgIpc) is 3.63. The maximum absolute atomic E-state index is 10.0. The summed E-state index contributed by atoms with van der Waals surface area (Å²) in [4.78, 5) is 18.5. The zero-order valence-electron chi connectivity index (χ0n) is 28.2. The first-order chi connectivity index (χ1) is 26.2. The van der Waals surface area contributed by atoms with Crippen molar-refractivity contribution in [1.29, 1.82) is 5.26 Å². The molecule has 0 bridgehead atoms. The van der Waals surface area contributed by atoms with Gasteiger partial charge in [-0.25, -0.2) is 19.8 Å². The van der Waals surface area contributed by atoms with Crippen molar-refractivity contribution in [3.05, 3.63) is 181 Å². The fourth-order valence-electron chi connectivity index (χ4n) is 6.89. The Balaban J connectivity index is 1.22. The van der Waals surface area contributed by atoms with E-state index in [1.165, 1.54) is 0 Å². The third-order valence-corrected chi connectivity index (χ3v) is 9.42. The number of nitrogens with zero attached hydrogens (tertiary/aromatic N) is 5. The fraction of sp³-hybridized carbons (Fsp3) is 0. The Bertz CT molecular complexity index is 2840. The number of furan rings is 1. The van der Waals surface area contributed by atoms with Crippen LogP contribution in [0.25, 0.3) is 94.3 Å². The quantitative estimate of drug-likeness (QED) is 0.164. The van der Waals surface area contributed by atoms with Crippen LogP contribution < -0.4 is 0 Å². The van der Waals surface area contributed by atoms with Crippen LogP contribution >= 0.6 is 0 Å². The molecule has 246 valence electrons. The molecule has 0 aliphatic heterocycles. The Morgan fingerprint density at radius 1 is 0.491 bits per heavy atom. The standard InChI is InChI=1S/C47H27N5O/c1-49-41-21-11-10-19-38(41)39-27-35(36-18-9-8-17-34(36)29-48)28-40-43-37(20-12-22-42(43)53-44(39)40)30-23-25-33(26-24-30)47-51-45(31-13-4-2-5-14-31)50-46(52-47)32-15-6-3-7-16-32/h2-28H. The lowest BCUT2D eigenvalue weighted by Gasteiger charge is -2.11.